The van der Waals surface area contributed by atoms with Crippen molar-refractivity contribution in [1.29, 1.82) is 0 Å². The summed E-state index contributed by atoms with van der Waals surface area (Å²) >= 11 is 0. The Morgan fingerprint density at radius 2 is 1.96 bits per heavy atom. The maximum atomic E-state index is 13.2. The highest BCUT2D eigenvalue weighted by atomic mass is 16.2. The van der Waals surface area contributed by atoms with E-state index in [2.05, 4.69) is 4.98 Å². The highest BCUT2D eigenvalue weighted by Crippen LogP contribution is 2.44. The van der Waals surface area contributed by atoms with E-state index >= 15 is 0 Å². The second-order valence-corrected chi connectivity index (χ2v) is 7.54. The largest absolute Gasteiger partial charge is 0.325 e. The van der Waals surface area contributed by atoms with Crippen molar-refractivity contribution in [2.24, 2.45) is 0 Å². The molecule has 5 heteroatoms. The average Bonchev–Trinajstić information content (AvgIpc) is 3.04. The van der Waals surface area contributed by atoms with Gasteiger partial charge in [-0.25, -0.2) is 0 Å². The van der Waals surface area contributed by atoms with Crippen LogP contribution in [-0.4, -0.2) is 23.2 Å². The number of H-pyrrole nitrogens is 1. The molecule has 1 atom stereocenters. The number of amides is 1. The molecule has 2 aromatic rings. The van der Waals surface area contributed by atoms with E-state index in [1.165, 1.54) is 0 Å². The molecule has 5 rings (SSSR count). The maximum Gasteiger partial charge on any atom is 0.263 e. The summed E-state index contributed by atoms with van der Waals surface area (Å²) in [5, 5.41) is 0. The van der Waals surface area contributed by atoms with Crippen LogP contribution in [0.3, 0.4) is 0 Å². The molecule has 3 aliphatic rings. The van der Waals surface area contributed by atoms with Crippen LogP contribution in [0.15, 0.2) is 29.1 Å². The van der Waals surface area contributed by atoms with Gasteiger partial charge in [0.2, 0.25) is 0 Å². The number of fused-ring (bicyclic) bond motifs is 1. The highest BCUT2D eigenvalue weighted by molar-refractivity contribution is 6.10. The fourth-order valence-corrected chi connectivity index (χ4v) is 4.72. The number of hydrogen-bond acceptors (Lipinski definition) is 3. The summed E-state index contributed by atoms with van der Waals surface area (Å²) < 4.78 is 0. The molecule has 1 aromatic carbocycles. The third kappa shape index (κ3) is 2.19. The molecule has 1 aliphatic heterocycles. The van der Waals surface area contributed by atoms with Gasteiger partial charge in [-0.3, -0.25) is 14.4 Å². The van der Waals surface area contributed by atoms with Crippen molar-refractivity contribution in [2.45, 2.75) is 44.4 Å². The van der Waals surface area contributed by atoms with Crippen LogP contribution >= 0.6 is 0 Å². The zero-order chi connectivity index (χ0) is 17.8. The minimum atomic E-state index is -0.303. The summed E-state index contributed by atoms with van der Waals surface area (Å²) in [5.74, 6) is 0.0912. The van der Waals surface area contributed by atoms with Crippen LogP contribution in [0.5, 0.6) is 0 Å². The molecular formula is C21H20N2O3. The van der Waals surface area contributed by atoms with E-state index < -0.39 is 0 Å². The Morgan fingerprint density at radius 3 is 2.85 bits per heavy atom. The number of rotatable bonds is 1. The first-order valence-electron chi connectivity index (χ1n) is 9.36. The first kappa shape index (κ1) is 15.6. The Kier molecular flexibility index (Phi) is 3.39. The van der Waals surface area contributed by atoms with E-state index in [0.29, 0.717) is 13.0 Å². The van der Waals surface area contributed by atoms with Gasteiger partial charge >= 0.3 is 0 Å². The number of aryl methyl sites for hydroxylation is 2. The topological polar surface area (TPSA) is 70.2 Å². The molecule has 0 saturated carbocycles. The van der Waals surface area contributed by atoms with E-state index in [0.717, 1.165) is 60.2 Å². The number of aromatic amines is 1. The quantitative estimate of drug-likeness (QED) is 0.861. The molecule has 0 spiro atoms. The molecule has 2 heterocycles. The van der Waals surface area contributed by atoms with Crippen molar-refractivity contribution in [3.8, 4) is 0 Å². The van der Waals surface area contributed by atoms with Crippen molar-refractivity contribution in [2.75, 3.05) is 11.4 Å². The summed E-state index contributed by atoms with van der Waals surface area (Å²) in [5.41, 5.74) is 4.50. The van der Waals surface area contributed by atoms with Gasteiger partial charge in [-0.2, -0.15) is 0 Å². The van der Waals surface area contributed by atoms with Crippen molar-refractivity contribution < 1.29 is 9.59 Å². The molecule has 0 bridgehead atoms. The highest BCUT2D eigenvalue weighted by Gasteiger charge is 2.39. The normalized spacial score (nSPS) is 20.7. The van der Waals surface area contributed by atoms with Gasteiger partial charge in [0.15, 0.2) is 5.78 Å². The average molecular weight is 348 g/mol. The van der Waals surface area contributed by atoms with Crippen LogP contribution in [0.2, 0.25) is 0 Å². The predicted octanol–water partition coefficient (Wildman–Crippen LogP) is 2.97. The number of Topliss-reactive ketones (excluding diaryl/α,β-unsaturated/α-hetero) is 1. The van der Waals surface area contributed by atoms with Crippen molar-refractivity contribution in [3.63, 3.8) is 0 Å². The smallest absolute Gasteiger partial charge is 0.263 e. The molecule has 0 fully saturated rings. The first-order chi connectivity index (χ1) is 12.6. The van der Waals surface area contributed by atoms with Crippen LogP contribution in [0.25, 0.3) is 0 Å². The fraction of sp³-hybridized carbons (Fsp3) is 0.381. The van der Waals surface area contributed by atoms with E-state index in [9.17, 15) is 14.4 Å². The van der Waals surface area contributed by atoms with Gasteiger partial charge in [-0.05, 0) is 55.4 Å². The van der Waals surface area contributed by atoms with Gasteiger partial charge in [0, 0.05) is 35.8 Å². The van der Waals surface area contributed by atoms with Gasteiger partial charge in [0.1, 0.15) is 5.56 Å². The number of pyridine rings is 1. The fourth-order valence-electron chi connectivity index (χ4n) is 4.72. The standard InChI is InChI=1S/C21H20N2O3/c24-18-9-8-13-11-23(17-7-3-5-14(18)19(13)17)21(26)15-10-12-4-1-2-6-16(12)22-20(15)25/h3,5,7,10,13H,1-2,4,6,8-9,11H2,(H,22,25). The molecule has 0 saturated heterocycles. The number of nitrogens with zero attached hydrogens (tertiary/aromatic N) is 1. The number of benzene rings is 1. The summed E-state index contributed by atoms with van der Waals surface area (Å²) in [6, 6.07) is 7.36. The molecule has 2 aliphatic carbocycles. The summed E-state index contributed by atoms with van der Waals surface area (Å²) in [7, 11) is 0. The first-order valence-corrected chi connectivity index (χ1v) is 9.36. The van der Waals surface area contributed by atoms with Crippen LogP contribution < -0.4 is 10.5 Å². The van der Waals surface area contributed by atoms with E-state index in [1.54, 1.807) is 11.0 Å². The Balaban J connectivity index is 1.58. The van der Waals surface area contributed by atoms with Crippen LogP contribution in [0.4, 0.5) is 5.69 Å². The van der Waals surface area contributed by atoms with Crippen molar-refractivity contribution in [3.05, 3.63) is 62.6 Å². The van der Waals surface area contributed by atoms with Gasteiger partial charge in [0.05, 0.1) is 0 Å². The molecule has 0 radical (unpaired) electrons. The third-order valence-corrected chi connectivity index (χ3v) is 6.02. The van der Waals surface area contributed by atoms with Crippen LogP contribution in [-0.2, 0) is 12.8 Å². The van der Waals surface area contributed by atoms with E-state index in [4.69, 9.17) is 0 Å². The number of nitrogens with one attached hydrogen (secondary N) is 1. The minimum Gasteiger partial charge on any atom is -0.325 e. The van der Waals surface area contributed by atoms with E-state index in [-0.39, 0.29) is 28.7 Å². The van der Waals surface area contributed by atoms with Crippen LogP contribution in [0, 0.1) is 0 Å². The van der Waals surface area contributed by atoms with Crippen molar-refractivity contribution in [1.82, 2.24) is 4.98 Å². The van der Waals surface area contributed by atoms with Gasteiger partial charge in [-0.1, -0.05) is 12.1 Å². The van der Waals surface area contributed by atoms with Gasteiger partial charge < -0.3 is 9.88 Å². The molecule has 26 heavy (non-hydrogen) atoms. The summed E-state index contributed by atoms with van der Waals surface area (Å²) in [4.78, 5) is 42.6. The Hall–Kier alpha value is -2.69. The number of ketones is 1. The Morgan fingerprint density at radius 1 is 1.12 bits per heavy atom. The number of carbonyl (C=O) groups excluding carboxylic acids is 2. The predicted molar refractivity (Wildman–Crippen MR) is 98.1 cm³/mol. The zero-order valence-electron chi connectivity index (χ0n) is 14.5. The molecule has 1 amide bonds. The molecule has 1 unspecified atom stereocenters. The third-order valence-electron chi connectivity index (χ3n) is 6.02. The lowest BCUT2D eigenvalue weighted by Gasteiger charge is -2.20. The number of aromatic nitrogens is 1. The Labute approximate surface area is 151 Å². The lowest BCUT2D eigenvalue weighted by atomic mass is 9.83. The van der Waals surface area contributed by atoms with Crippen LogP contribution in [0.1, 0.15) is 69.1 Å². The SMILES string of the molecule is O=C1CCC2CN(C(=O)c3cc4c([nH]c3=O)CCCC4)c3cccc1c32. The zero-order valence-corrected chi connectivity index (χ0v) is 14.5. The number of anilines is 1. The second-order valence-electron chi connectivity index (χ2n) is 7.54. The maximum absolute atomic E-state index is 13.2. The van der Waals surface area contributed by atoms with Gasteiger partial charge in [0.25, 0.3) is 11.5 Å². The molecular weight excluding hydrogens is 328 g/mol. The summed E-state index contributed by atoms with van der Waals surface area (Å²) in [6.07, 6.45) is 5.25. The monoisotopic (exact) mass is 348 g/mol. The molecule has 1 N–H and O–H groups in total. The summed E-state index contributed by atoms with van der Waals surface area (Å²) in [6.45, 7) is 0.551. The minimum absolute atomic E-state index is 0.152. The van der Waals surface area contributed by atoms with E-state index in [1.807, 2.05) is 18.2 Å². The number of carbonyl (C=O) groups is 2. The number of hydrogen-bond donors (Lipinski definition) is 1. The molecule has 5 nitrogen and oxygen atoms in total. The Bertz CT molecular complexity index is 1000. The molecule has 1 aromatic heterocycles. The lowest BCUT2D eigenvalue weighted by molar-refractivity contribution is 0.0968. The van der Waals surface area contributed by atoms with Crippen molar-refractivity contribution >= 4 is 17.4 Å². The van der Waals surface area contributed by atoms with Gasteiger partial charge in [-0.15, -0.1) is 0 Å². The second kappa shape index (κ2) is 5.66. The molecule has 132 valence electrons. The lowest BCUT2D eigenvalue weighted by Crippen LogP contribution is -2.35.